The third-order valence-corrected chi connectivity index (χ3v) is 8.61. The number of nitrogens with one attached hydrogen (secondary N) is 3. The topological polar surface area (TPSA) is 121 Å². The highest BCUT2D eigenvalue weighted by atomic mass is 32.2. The largest absolute Gasteiger partial charge is 0.497 e. The zero-order chi connectivity index (χ0) is 27.7. The lowest BCUT2D eigenvalue weighted by Crippen LogP contribution is -2.55. The maximum atomic E-state index is 13.9. The highest BCUT2D eigenvalue weighted by molar-refractivity contribution is 7.89. The number of benzene rings is 3. The molecule has 0 radical (unpaired) electrons. The molecule has 0 saturated heterocycles. The predicted octanol–water partition coefficient (Wildman–Crippen LogP) is 4.15. The summed E-state index contributed by atoms with van der Waals surface area (Å²) in [4.78, 5) is 34.6. The van der Waals surface area contributed by atoms with Crippen molar-refractivity contribution in [3.05, 3.63) is 95.7 Å². The minimum absolute atomic E-state index is 0.0370. The molecule has 1 aliphatic rings. The quantitative estimate of drug-likeness (QED) is 0.273. The molecule has 0 spiro atoms. The third-order valence-electron chi connectivity index (χ3n) is 7.34. The minimum atomic E-state index is -4.07. The van der Waals surface area contributed by atoms with Crippen molar-refractivity contribution >= 4 is 32.7 Å². The van der Waals surface area contributed by atoms with Crippen LogP contribution in [0.15, 0.2) is 83.9 Å². The molecule has 3 unspecified atom stereocenters. The molecule has 202 valence electrons. The normalized spacial score (nSPS) is 16.6. The summed E-state index contributed by atoms with van der Waals surface area (Å²) in [6, 6.07) is 19.4. The molecule has 5 rings (SSSR count). The van der Waals surface area contributed by atoms with Gasteiger partial charge < -0.3 is 14.6 Å². The molecule has 10 heteroatoms. The Kier molecular flexibility index (Phi) is 7.16. The van der Waals surface area contributed by atoms with Crippen LogP contribution in [0.25, 0.3) is 10.9 Å². The Morgan fingerprint density at radius 2 is 1.72 bits per heavy atom. The Morgan fingerprint density at radius 3 is 2.44 bits per heavy atom. The van der Waals surface area contributed by atoms with Crippen LogP contribution in [0.1, 0.15) is 47.8 Å². The lowest BCUT2D eigenvalue weighted by Gasteiger charge is -2.36. The van der Waals surface area contributed by atoms with Crippen molar-refractivity contribution in [1.82, 2.24) is 20.1 Å². The number of rotatable bonds is 9. The summed E-state index contributed by atoms with van der Waals surface area (Å²) in [6.07, 6.45) is 2.46. The standard InChI is InChI=1S/C29H30N4O5S/c1-4-18(2)26(28(34)31-32-39(36,37)20-15-13-19(38-3)14-16-20)33-27(22-10-5-6-11-23(22)29(33)35)24-17-30-25-12-8-7-9-21(24)25/h5-18,26-27,30,32H,4H2,1-3H3,(H,31,34). The number of H-pyrrole nitrogens is 1. The van der Waals surface area contributed by atoms with Gasteiger partial charge >= 0.3 is 0 Å². The van der Waals surface area contributed by atoms with Crippen molar-refractivity contribution in [1.29, 1.82) is 0 Å². The highest BCUT2D eigenvalue weighted by Crippen LogP contribution is 2.43. The second kappa shape index (κ2) is 10.5. The lowest BCUT2D eigenvalue weighted by atomic mass is 9.93. The number of hydrogen-bond donors (Lipinski definition) is 3. The lowest BCUT2D eigenvalue weighted by molar-refractivity contribution is -0.128. The van der Waals surface area contributed by atoms with E-state index < -0.39 is 28.0 Å². The summed E-state index contributed by atoms with van der Waals surface area (Å²) in [5.41, 5.74) is 5.48. The maximum Gasteiger partial charge on any atom is 0.258 e. The molecule has 4 aromatic rings. The van der Waals surface area contributed by atoms with Crippen LogP contribution in [0.2, 0.25) is 0 Å². The van der Waals surface area contributed by atoms with Crippen LogP contribution in [0.4, 0.5) is 0 Å². The van der Waals surface area contributed by atoms with Crippen LogP contribution in [-0.2, 0) is 14.8 Å². The number of aromatic amines is 1. The Hall–Kier alpha value is -4.15. The molecule has 1 aromatic heterocycles. The van der Waals surface area contributed by atoms with Gasteiger partial charge in [0.15, 0.2) is 0 Å². The Labute approximate surface area is 227 Å². The van der Waals surface area contributed by atoms with Gasteiger partial charge in [-0.15, -0.1) is 4.83 Å². The smallest absolute Gasteiger partial charge is 0.258 e. The zero-order valence-corrected chi connectivity index (χ0v) is 22.7. The van der Waals surface area contributed by atoms with Gasteiger partial charge in [-0.05, 0) is 47.9 Å². The molecule has 2 heterocycles. The molecule has 2 amide bonds. The third kappa shape index (κ3) is 4.77. The number of hydrogen-bond acceptors (Lipinski definition) is 5. The van der Waals surface area contributed by atoms with Gasteiger partial charge in [-0.1, -0.05) is 56.7 Å². The molecule has 0 fully saturated rings. The van der Waals surface area contributed by atoms with Crippen LogP contribution < -0.4 is 15.0 Å². The molecule has 0 saturated carbocycles. The predicted molar refractivity (Wildman–Crippen MR) is 147 cm³/mol. The molecular weight excluding hydrogens is 516 g/mol. The van der Waals surface area contributed by atoms with E-state index in [1.807, 2.05) is 56.4 Å². The number of amides is 2. The Balaban J connectivity index is 1.51. The van der Waals surface area contributed by atoms with Gasteiger partial charge in [-0.3, -0.25) is 15.0 Å². The number of ether oxygens (including phenoxy) is 1. The van der Waals surface area contributed by atoms with Gasteiger partial charge in [-0.2, -0.15) is 0 Å². The van der Waals surface area contributed by atoms with Crippen LogP contribution >= 0.6 is 0 Å². The molecular formula is C29H30N4O5S. The molecule has 39 heavy (non-hydrogen) atoms. The van der Waals surface area contributed by atoms with E-state index in [0.717, 1.165) is 22.0 Å². The van der Waals surface area contributed by atoms with E-state index in [1.165, 1.54) is 31.4 Å². The van der Waals surface area contributed by atoms with Gasteiger partial charge in [0.1, 0.15) is 11.8 Å². The molecule has 9 nitrogen and oxygen atoms in total. The van der Waals surface area contributed by atoms with Crippen LogP contribution in [0, 0.1) is 5.92 Å². The number of methoxy groups -OCH3 is 1. The van der Waals surface area contributed by atoms with Crippen molar-refractivity contribution in [2.75, 3.05) is 7.11 Å². The fraction of sp³-hybridized carbons (Fsp3) is 0.241. The second-order valence-electron chi connectivity index (χ2n) is 9.59. The molecule has 3 atom stereocenters. The van der Waals surface area contributed by atoms with E-state index in [9.17, 15) is 18.0 Å². The van der Waals surface area contributed by atoms with E-state index in [4.69, 9.17) is 4.74 Å². The van der Waals surface area contributed by atoms with Crippen LogP contribution in [0.3, 0.4) is 0 Å². The van der Waals surface area contributed by atoms with E-state index in [-0.39, 0.29) is 16.7 Å². The Morgan fingerprint density at radius 1 is 1.03 bits per heavy atom. The number of sulfonamides is 1. The molecule has 0 bridgehead atoms. The Bertz CT molecular complexity index is 1630. The summed E-state index contributed by atoms with van der Waals surface area (Å²) >= 11 is 0. The summed E-state index contributed by atoms with van der Waals surface area (Å²) < 4.78 is 30.9. The van der Waals surface area contributed by atoms with Crippen molar-refractivity contribution in [3.63, 3.8) is 0 Å². The fourth-order valence-corrected chi connectivity index (χ4v) is 6.00. The number of nitrogens with zero attached hydrogens (tertiary/aromatic N) is 1. The fourth-order valence-electron chi connectivity index (χ4n) is 5.15. The number of carbonyl (C=O) groups excluding carboxylic acids is 2. The second-order valence-corrected chi connectivity index (χ2v) is 11.3. The first-order valence-electron chi connectivity index (χ1n) is 12.7. The van der Waals surface area contributed by atoms with Crippen molar-refractivity contribution in [2.24, 2.45) is 5.92 Å². The highest BCUT2D eigenvalue weighted by Gasteiger charge is 2.46. The van der Waals surface area contributed by atoms with Crippen LogP contribution in [-0.4, -0.2) is 43.3 Å². The van der Waals surface area contributed by atoms with Gasteiger partial charge in [0.25, 0.3) is 21.8 Å². The summed E-state index contributed by atoms with van der Waals surface area (Å²) in [6.45, 7) is 3.81. The minimum Gasteiger partial charge on any atom is -0.497 e. The number of carbonyl (C=O) groups is 2. The first-order chi connectivity index (χ1) is 18.8. The van der Waals surface area contributed by atoms with E-state index in [1.54, 1.807) is 17.0 Å². The maximum absolute atomic E-state index is 13.9. The molecule has 0 aliphatic carbocycles. The van der Waals surface area contributed by atoms with Crippen molar-refractivity contribution < 1.29 is 22.7 Å². The molecule has 3 N–H and O–H groups in total. The SMILES string of the molecule is CCC(C)C(C(=O)NNS(=O)(=O)c1ccc(OC)cc1)N1C(=O)c2ccccc2C1c1c[nH]c2ccccc12. The zero-order valence-electron chi connectivity index (χ0n) is 21.8. The first kappa shape index (κ1) is 26.5. The summed E-state index contributed by atoms with van der Waals surface area (Å²) in [5.74, 6) is -0.668. The van der Waals surface area contributed by atoms with E-state index in [2.05, 4.69) is 15.2 Å². The van der Waals surface area contributed by atoms with Gasteiger partial charge in [0.05, 0.1) is 18.0 Å². The average Bonchev–Trinajstić information content (AvgIpc) is 3.51. The van der Waals surface area contributed by atoms with Gasteiger partial charge in [0, 0.05) is 28.2 Å². The number of para-hydroxylation sites is 1. The summed E-state index contributed by atoms with van der Waals surface area (Å²) in [7, 11) is -2.58. The van der Waals surface area contributed by atoms with E-state index >= 15 is 0 Å². The summed E-state index contributed by atoms with van der Waals surface area (Å²) in [5, 5.41) is 0.945. The number of hydrazine groups is 1. The number of fused-ring (bicyclic) bond motifs is 2. The van der Waals surface area contributed by atoms with Crippen molar-refractivity contribution in [3.8, 4) is 5.75 Å². The van der Waals surface area contributed by atoms with Crippen LogP contribution in [0.5, 0.6) is 5.75 Å². The number of aromatic nitrogens is 1. The average molecular weight is 547 g/mol. The van der Waals surface area contributed by atoms with Gasteiger partial charge in [-0.25, -0.2) is 8.42 Å². The molecule has 3 aromatic carbocycles. The molecule has 1 aliphatic heterocycles. The monoisotopic (exact) mass is 546 g/mol. The van der Waals surface area contributed by atoms with Gasteiger partial charge in [0.2, 0.25) is 0 Å². The van der Waals surface area contributed by atoms with E-state index in [0.29, 0.717) is 17.7 Å². The van der Waals surface area contributed by atoms with Crippen molar-refractivity contribution in [2.45, 2.75) is 37.2 Å². The first-order valence-corrected chi connectivity index (χ1v) is 14.2.